The van der Waals surface area contributed by atoms with Crippen molar-refractivity contribution in [3.05, 3.63) is 0 Å². The van der Waals surface area contributed by atoms with E-state index >= 15 is 0 Å². The second-order valence-electron chi connectivity index (χ2n) is 7.98. The predicted octanol–water partition coefficient (Wildman–Crippen LogP) is 4.48. The van der Waals surface area contributed by atoms with Crippen molar-refractivity contribution in [3.63, 3.8) is 0 Å². The van der Waals surface area contributed by atoms with Gasteiger partial charge in [-0.3, -0.25) is 4.79 Å². The zero-order chi connectivity index (χ0) is 18.1. The number of aliphatic carboxylic acids is 1. The Labute approximate surface area is 140 Å². The molecule has 0 aliphatic carbocycles. The van der Waals surface area contributed by atoms with Crippen molar-refractivity contribution in [1.29, 1.82) is 0 Å². The maximum atomic E-state index is 10.6. The van der Waals surface area contributed by atoms with Gasteiger partial charge in [0.05, 0.1) is 11.2 Å². The highest BCUT2D eigenvalue weighted by molar-refractivity contribution is 5.66. The minimum absolute atomic E-state index is 0.206. The third-order valence-electron chi connectivity index (χ3n) is 2.80. The highest BCUT2D eigenvalue weighted by Crippen LogP contribution is 2.20. The van der Waals surface area contributed by atoms with E-state index < -0.39 is 23.5 Å². The molecule has 0 aliphatic heterocycles. The van der Waals surface area contributed by atoms with Gasteiger partial charge in [-0.2, -0.15) is 0 Å². The van der Waals surface area contributed by atoms with E-state index in [1.54, 1.807) is 0 Å². The van der Waals surface area contributed by atoms with Crippen molar-refractivity contribution >= 4 is 5.97 Å². The van der Waals surface area contributed by atoms with E-state index in [0.717, 1.165) is 12.8 Å². The van der Waals surface area contributed by atoms with Gasteiger partial charge < -0.3 is 5.11 Å². The first kappa shape index (κ1) is 22.3. The predicted molar refractivity (Wildman–Crippen MR) is 87.5 cm³/mol. The summed E-state index contributed by atoms with van der Waals surface area (Å²) in [6, 6.07) is 0. The molecule has 0 aromatic rings. The number of hydrogen-bond donors (Lipinski definition) is 1. The summed E-state index contributed by atoms with van der Waals surface area (Å²) >= 11 is 0. The second-order valence-corrected chi connectivity index (χ2v) is 7.98. The smallest absolute Gasteiger partial charge is 0.303 e. The van der Waals surface area contributed by atoms with Crippen LogP contribution in [0.5, 0.6) is 0 Å². The molecule has 1 atom stereocenters. The molecule has 1 N–H and O–H groups in total. The van der Waals surface area contributed by atoms with E-state index in [2.05, 4.69) is 6.92 Å². The Kier molecular flexibility index (Phi) is 9.93. The lowest BCUT2D eigenvalue weighted by molar-refractivity contribution is -0.497. The van der Waals surface area contributed by atoms with Crippen molar-refractivity contribution in [3.8, 4) is 0 Å². The molecule has 6 heteroatoms. The van der Waals surface area contributed by atoms with Gasteiger partial charge >= 0.3 is 5.97 Å². The van der Waals surface area contributed by atoms with E-state index in [4.69, 9.17) is 24.7 Å². The van der Waals surface area contributed by atoms with Crippen molar-refractivity contribution in [2.24, 2.45) is 5.92 Å². The van der Waals surface area contributed by atoms with E-state index in [9.17, 15) is 4.79 Å². The molecule has 0 aliphatic rings. The highest BCUT2D eigenvalue weighted by atomic mass is 17.3. The molecular weight excluding hydrogens is 300 g/mol. The molecule has 0 fully saturated rings. The first-order valence-electron chi connectivity index (χ1n) is 8.30. The summed E-state index contributed by atoms with van der Waals surface area (Å²) in [4.78, 5) is 31.9. The number of hydrogen-bond acceptors (Lipinski definition) is 5. The van der Waals surface area contributed by atoms with Gasteiger partial charge in [0.15, 0.2) is 0 Å². The van der Waals surface area contributed by atoms with Gasteiger partial charge in [-0.25, -0.2) is 19.6 Å². The Morgan fingerprint density at radius 2 is 1.39 bits per heavy atom. The Morgan fingerprint density at radius 1 is 0.913 bits per heavy atom. The normalized spacial score (nSPS) is 14.3. The topological polar surface area (TPSA) is 74.2 Å². The van der Waals surface area contributed by atoms with Crippen LogP contribution in [0, 0.1) is 5.92 Å². The van der Waals surface area contributed by atoms with Gasteiger partial charge in [0.2, 0.25) is 6.29 Å². The van der Waals surface area contributed by atoms with Crippen LogP contribution in [0.3, 0.4) is 0 Å². The Bertz CT molecular complexity index is 311. The number of carboxylic acids is 1. The van der Waals surface area contributed by atoms with Crippen LogP contribution >= 0.6 is 0 Å². The molecule has 0 heterocycles. The molecule has 23 heavy (non-hydrogen) atoms. The fourth-order valence-corrected chi connectivity index (χ4v) is 1.66. The highest BCUT2D eigenvalue weighted by Gasteiger charge is 2.21. The van der Waals surface area contributed by atoms with Crippen molar-refractivity contribution in [2.45, 2.75) is 98.1 Å². The molecule has 0 bridgehead atoms. The zero-order valence-electron chi connectivity index (χ0n) is 15.7. The Balaban J connectivity index is 4.20. The quantitative estimate of drug-likeness (QED) is 0.341. The van der Waals surface area contributed by atoms with Gasteiger partial charge in [-0.15, -0.1) is 0 Å². The van der Waals surface area contributed by atoms with Gasteiger partial charge in [0.25, 0.3) is 0 Å². The molecule has 0 aromatic carbocycles. The molecule has 138 valence electrons. The summed E-state index contributed by atoms with van der Waals surface area (Å²) in [6.07, 6.45) is 2.63. The molecular formula is C17H34O6. The van der Waals surface area contributed by atoms with Gasteiger partial charge in [-0.05, 0) is 60.3 Å². The van der Waals surface area contributed by atoms with Gasteiger partial charge in [0.1, 0.15) is 0 Å². The van der Waals surface area contributed by atoms with E-state index in [-0.39, 0.29) is 6.42 Å². The zero-order valence-corrected chi connectivity index (χ0v) is 15.7. The summed E-state index contributed by atoms with van der Waals surface area (Å²) < 4.78 is 0. The molecule has 0 amide bonds. The lowest BCUT2D eigenvalue weighted by Crippen LogP contribution is -2.29. The van der Waals surface area contributed by atoms with E-state index in [1.165, 1.54) is 0 Å². The summed E-state index contributed by atoms with van der Waals surface area (Å²) in [5, 5.41) is 8.70. The number of rotatable bonds is 11. The van der Waals surface area contributed by atoms with Gasteiger partial charge in [-0.1, -0.05) is 13.3 Å². The largest absolute Gasteiger partial charge is 0.481 e. The third kappa shape index (κ3) is 16.0. The maximum absolute atomic E-state index is 10.6. The fourth-order valence-electron chi connectivity index (χ4n) is 1.66. The summed E-state index contributed by atoms with van der Waals surface area (Å²) in [7, 11) is 0. The molecule has 0 rings (SSSR count). The Hall–Kier alpha value is -0.690. The average Bonchev–Trinajstić information content (AvgIpc) is 2.36. The Morgan fingerprint density at radius 3 is 1.78 bits per heavy atom. The third-order valence-corrected chi connectivity index (χ3v) is 2.80. The molecule has 0 spiro atoms. The van der Waals surface area contributed by atoms with Crippen LogP contribution < -0.4 is 0 Å². The van der Waals surface area contributed by atoms with Crippen LogP contribution in [0.1, 0.15) is 80.6 Å². The molecule has 0 radical (unpaired) electrons. The minimum atomic E-state index is -0.751. The molecule has 6 nitrogen and oxygen atoms in total. The van der Waals surface area contributed by atoms with Crippen molar-refractivity contribution in [2.75, 3.05) is 0 Å². The molecule has 0 saturated heterocycles. The minimum Gasteiger partial charge on any atom is -0.481 e. The summed E-state index contributed by atoms with van der Waals surface area (Å²) in [5.41, 5.74) is -0.865. The first-order chi connectivity index (χ1) is 10.4. The molecule has 1 unspecified atom stereocenters. The first-order valence-corrected chi connectivity index (χ1v) is 8.30. The van der Waals surface area contributed by atoms with Crippen LogP contribution in [-0.4, -0.2) is 28.6 Å². The standard InChI is InChI=1S/C17H34O6/c1-13(11-12-14(18)19)9-8-10-15(20-22-16(2,3)4)21-23-17(5,6)7/h13,15H,8-12H2,1-7H3,(H,18,19). The monoisotopic (exact) mass is 334 g/mol. The van der Waals surface area contributed by atoms with Crippen LogP contribution in [-0.2, 0) is 24.3 Å². The molecule has 0 aromatic heterocycles. The van der Waals surface area contributed by atoms with Crippen LogP contribution in [0.2, 0.25) is 0 Å². The van der Waals surface area contributed by atoms with E-state index in [1.807, 2.05) is 41.5 Å². The molecule has 0 saturated carbocycles. The van der Waals surface area contributed by atoms with Crippen molar-refractivity contribution < 1.29 is 29.5 Å². The maximum Gasteiger partial charge on any atom is 0.303 e. The van der Waals surface area contributed by atoms with Crippen LogP contribution in [0.15, 0.2) is 0 Å². The number of carboxylic acid groups (broad SMARTS) is 1. The SMILES string of the molecule is CC(CCCC(OOC(C)(C)C)OOC(C)(C)C)CCC(=O)O. The van der Waals surface area contributed by atoms with Crippen LogP contribution in [0.25, 0.3) is 0 Å². The lowest BCUT2D eigenvalue weighted by atomic mass is 9.99. The number of carbonyl (C=O) groups is 1. The lowest BCUT2D eigenvalue weighted by Gasteiger charge is -2.25. The van der Waals surface area contributed by atoms with E-state index in [0.29, 0.717) is 18.8 Å². The van der Waals surface area contributed by atoms with Gasteiger partial charge in [0, 0.05) is 12.8 Å². The second kappa shape index (κ2) is 10.2. The summed E-state index contributed by atoms with van der Waals surface area (Å²) in [6.45, 7) is 13.4. The summed E-state index contributed by atoms with van der Waals surface area (Å²) in [5.74, 6) is -0.405. The van der Waals surface area contributed by atoms with Crippen molar-refractivity contribution in [1.82, 2.24) is 0 Å². The van der Waals surface area contributed by atoms with Crippen LogP contribution in [0.4, 0.5) is 0 Å². The fraction of sp³-hybridized carbons (Fsp3) is 0.941. The average molecular weight is 334 g/mol.